The fraction of sp³-hybridized carbons (Fsp3) is 0.542. The number of nitrogens with one attached hydrogen (secondary N) is 1. The minimum Gasteiger partial charge on any atom is -0.495 e. The summed E-state index contributed by atoms with van der Waals surface area (Å²) in [6.07, 6.45) is 11.8. The summed E-state index contributed by atoms with van der Waals surface area (Å²) in [6, 6.07) is 6.00. The Morgan fingerprint density at radius 2 is 2.06 bits per heavy atom. The maximum Gasteiger partial charge on any atom is 0.151 e. The van der Waals surface area contributed by atoms with Gasteiger partial charge < -0.3 is 15.0 Å². The minimum absolute atomic E-state index is 0.139. The molecule has 3 aromatic rings. The molecule has 5 rings (SSSR count). The van der Waals surface area contributed by atoms with Crippen molar-refractivity contribution in [1.29, 1.82) is 0 Å². The van der Waals surface area contributed by atoms with Gasteiger partial charge in [0, 0.05) is 30.4 Å². The molecule has 4 heterocycles. The van der Waals surface area contributed by atoms with Crippen molar-refractivity contribution >= 4 is 5.82 Å². The molecule has 0 amide bonds. The van der Waals surface area contributed by atoms with Gasteiger partial charge in [-0.15, -0.1) is 10.2 Å². The molecule has 1 aliphatic carbocycles. The molecule has 1 saturated heterocycles. The van der Waals surface area contributed by atoms with Crippen molar-refractivity contribution in [1.82, 2.24) is 35.5 Å². The highest BCUT2D eigenvalue weighted by atomic mass is 16.5. The average molecular weight is 449 g/mol. The predicted molar refractivity (Wildman–Crippen MR) is 126 cm³/mol. The van der Waals surface area contributed by atoms with Gasteiger partial charge in [-0.1, -0.05) is 11.6 Å². The molecule has 2 aliphatic rings. The first-order chi connectivity index (χ1) is 16.1. The number of methoxy groups -OCH3 is 1. The van der Waals surface area contributed by atoms with Crippen LogP contribution in [0, 0.1) is 5.92 Å². The summed E-state index contributed by atoms with van der Waals surface area (Å²) in [4.78, 5) is 6.54. The van der Waals surface area contributed by atoms with E-state index in [4.69, 9.17) is 4.74 Å². The van der Waals surface area contributed by atoms with E-state index in [0.717, 1.165) is 48.3 Å². The number of aromatic nitrogens is 6. The van der Waals surface area contributed by atoms with Crippen LogP contribution in [0.1, 0.15) is 44.7 Å². The van der Waals surface area contributed by atoms with Crippen LogP contribution < -0.4 is 15.0 Å². The van der Waals surface area contributed by atoms with E-state index in [1.165, 1.54) is 32.1 Å². The van der Waals surface area contributed by atoms with Gasteiger partial charge in [0.15, 0.2) is 5.82 Å². The molecule has 3 aromatic heterocycles. The van der Waals surface area contributed by atoms with Gasteiger partial charge in [-0.2, -0.15) is 5.10 Å². The third kappa shape index (κ3) is 5.13. The summed E-state index contributed by atoms with van der Waals surface area (Å²) < 4.78 is 7.01. The molecular formula is C24H32N8O. The van der Waals surface area contributed by atoms with Crippen molar-refractivity contribution in [2.24, 2.45) is 5.92 Å². The summed E-state index contributed by atoms with van der Waals surface area (Å²) in [5.74, 6) is 2.50. The monoisotopic (exact) mass is 448 g/mol. The zero-order valence-electron chi connectivity index (χ0n) is 19.4. The summed E-state index contributed by atoms with van der Waals surface area (Å²) in [6.45, 7) is 5.99. The van der Waals surface area contributed by atoms with Crippen LogP contribution in [-0.4, -0.2) is 62.5 Å². The molecule has 0 bridgehead atoms. The molecule has 0 radical (unpaired) electrons. The van der Waals surface area contributed by atoms with E-state index >= 15 is 0 Å². The number of anilines is 1. The Hall–Kier alpha value is -3.07. The van der Waals surface area contributed by atoms with Crippen molar-refractivity contribution < 1.29 is 4.74 Å². The van der Waals surface area contributed by atoms with Crippen molar-refractivity contribution in [2.75, 3.05) is 31.6 Å². The van der Waals surface area contributed by atoms with Gasteiger partial charge in [-0.25, -0.2) is 4.68 Å². The standard InChI is InChI=1S/C24H32N8O/c1-24(26-12-18-5-3-6-18)9-4-10-31(17-24)23-8-7-20(27-29-23)15-32-16-22(28-30-32)19-11-21(33-2)14-25-13-19/h7-8,11,13-14,16,18,26H,3-6,9-10,12,15,17H2,1-2H3. The smallest absolute Gasteiger partial charge is 0.151 e. The van der Waals surface area contributed by atoms with Crippen LogP contribution in [-0.2, 0) is 6.54 Å². The van der Waals surface area contributed by atoms with Crippen LogP contribution in [0.4, 0.5) is 5.82 Å². The van der Waals surface area contributed by atoms with Crippen LogP contribution in [0.25, 0.3) is 11.3 Å². The van der Waals surface area contributed by atoms with E-state index in [-0.39, 0.29) is 5.54 Å². The second kappa shape index (κ2) is 9.43. The normalized spacial score (nSPS) is 21.1. The van der Waals surface area contributed by atoms with E-state index < -0.39 is 0 Å². The van der Waals surface area contributed by atoms with Gasteiger partial charge in [0.2, 0.25) is 0 Å². The van der Waals surface area contributed by atoms with E-state index in [1.807, 2.05) is 18.3 Å². The summed E-state index contributed by atoms with van der Waals surface area (Å²) in [5, 5.41) is 21.3. The van der Waals surface area contributed by atoms with Crippen molar-refractivity contribution in [3.05, 3.63) is 42.5 Å². The number of pyridine rings is 1. The average Bonchev–Trinajstić information content (AvgIpc) is 3.27. The molecule has 174 valence electrons. The van der Waals surface area contributed by atoms with Gasteiger partial charge in [0.25, 0.3) is 0 Å². The van der Waals surface area contributed by atoms with Crippen LogP contribution in [0.5, 0.6) is 5.75 Å². The minimum atomic E-state index is 0.139. The Kier molecular flexibility index (Phi) is 6.22. The lowest BCUT2D eigenvalue weighted by Crippen LogP contribution is -2.56. The zero-order valence-corrected chi connectivity index (χ0v) is 19.4. The van der Waals surface area contributed by atoms with Crippen molar-refractivity contribution in [3.63, 3.8) is 0 Å². The van der Waals surface area contributed by atoms with Gasteiger partial charge in [0.05, 0.1) is 31.7 Å². The highest BCUT2D eigenvalue weighted by molar-refractivity contribution is 5.58. The molecule has 1 N–H and O–H groups in total. The number of hydrogen-bond acceptors (Lipinski definition) is 8. The number of nitrogens with zero attached hydrogens (tertiary/aromatic N) is 7. The van der Waals surface area contributed by atoms with Gasteiger partial charge in [-0.3, -0.25) is 4.98 Å². The Balaban J connectivity index is 1.20. The van der Waals surface area contributed by atoms with Gasteiger partial charge in [-0.05, 0) is 63.3 Å². The maximum atomic E-state index is 5.24. The molecule has 9 nitrogen and oxygen atoms in total. The van der Waals surface area contributed by atoms with E-state index in [1.54, 1.807) is 24.2 Å². The number of hydrogen-bond donors (Lipinski definition) is 1. The van der Waals surface area contributed by atoms with Crippen LogP contribution >= 0.6 is 0 Å². The van der Waals surface area contributed by atoms with Crippen LogP contribution in [0.2, 0.25) is 0 Å². The SMILES string of the molecule is COc1cncc(-c2cn(Cc3ccc(N4CCCC(C)(NCC5CCC5)C4)nn3)nn2)c1. The predicted octanol–water partition coefficient (Wildman–Crippen LogP) is 2.94. The summed E-state index contributed by atoms with van der Waals surface area (Å²) in [5.41, 5.74) is 2.59. The Labute approximate surface area is 194 Å². The van der Waals surface area contributed by atoms with E-state index in [0.29, 0.717) is 12.3 Å². The van der Waals surface area contributed by atoms with Crippen molar-refractivity contribution in [3.8, 4) is 17.0 Å². The Bertz CT molecular complexity index is 1060. The fourth-order valence-corrected chi connectivity index (χ4v) is 4.62. The van der Waals surface area contributed by atoms with Crippen LogP contribution in [0.15, 0.2) is 36.8 Å². The molecule has 9 heteroatoms. The lowest BCUT2D eigenvalue weighted by Gasteiger charge is -2.43. The lowest BCUT2D eigenvalue weighted by molar-refractivity contribution is 0.232. The molecule has 2 fully saturated rings. The molecule has 1 atom stereocenters. The second-order valence-electron chi connectivity index (χ2n) is 9.56. The molecule has 0 aromatic carbocycles. The largest absolute Gasteiger partial charge is 0.495 e. The highest BCUT2D eigenvalue weighted by Gasteiger charge is 2.32. The topological polar surface area (TPSA) is 93.9 Å². The quantitative estimate of drug-likeness (QED) is 0.562. The molecule has 1 aliphatic heterocycles. The second-order valence-corrected chi connectivity index (χ2v) is 9.56. The molecule has 0 spiro atoms. The Morgan fingerprint density at radius 1 is 1.15 bits per heavy atom. The van der Waals surface area contributed by atoms with Crippen molar-refractivity contribution in [2.45, 2.75) is 51.1 Å². The third-order valence-electron chi connectivity index (χ3n) is 6.88. The molecule has 1 saturated carbocycles. The first kappa shape index (κ1) is 21.8. The molecule has 33 heavy (non-hydrogen) atoms. The Morgan fingerprint density at radius 3 is 2.82 bits per heavy atom. The zero-order chi connectivity index (χ0) is 22.7. The molecule has 1 unspecified atom stereocenters. The van der Waals surface area contributed by atoms with Crippen LogP contribution in [0.3, 0.4) is 0 Å². The van der Waals surface area contributed by atoms with Gasteiger partial charge >= 0.3 is 0 Å². The van der Waals surface area contributed by atoms with E-state index in [9.17, 15) is 0 Å². The third-order valence-corrected chi connectivity index (χ3v) is 6.88. The fourth-order valence-electron chi connectivity index (χ4n) is 4.62. The number of ether oxygens (including phenoxy) is 1. The highest BCUT2D eigenvalue weighted by Crippen LogP contribution is 2.29. The first-order valence-corrected chi connectivity index (χ1v) is 11.8. The lowest BCUT2D eigenvalue weighted by atomic mass is 9.83. The number of piperidine rings is 1. The van der Waals surface area contributed by atoms with E-state index in [2.05, 4.69) is 48.7 Å². The number of rotatable bonds is 8. The molecular weight excluding hydrogens is 416 g/mol. The maximum absolute atomic E-state index is 5.24. The first-order valence-electron chi connectivity index (χ1n) is 11.8. The summed E-state index contributed by atoms with van der Waals surface area (Å²) in [7, 11) is 1.62. The summed E-state index contributed by atoms with van der Waals surface area (Å²) >= 11 is 0. The van der Waals surface area contributed by atoms with Gasteiger partial charge in [0.1, 0.15) is 11.4 Å².